The van der Waals surface area contributed by atoms with Crippen LogP contribution in [0, 0.1) is 0 Å². The minimum Gasteiger partial charge on any atom is -0.309 e. The van der Waals surface area contributed by atoms with Gasteiger partial charge < -0.3 is 4.57 Å². The second-order valence-electron chi connectivity index (χ2n) is 4.58. The van der Waals surface area contributed by atoms with Crippen molar-refractivity contribution in [1.82, 2.24) is 14.5 Å². The molecular weight excluding hydrogens is 346 g/mol. The molecule has 0 bridgehead atoms. The largest absolute Gasteiger partial charge is 0.309 e. The zero-order valence-electron chi connectivity index (χ0n) is 11.2. The number of pyridine rings is 1. The number of imidazole rings is 1. The van der Waals surface area contributed by atoms with Crippen LogP contribution >= 0.6 is 39.3 Å². The van der Waals surface area contributed by atoms with Gasteiger partial charge in [-0.25, -0.2) is 9.97 Å². The van der Waals surface area contributed by atoms with Crippen LogP contribution in [0.15, 0.2) is 16.7 Å². The molecule has 104 valence electrons. The van der Waals surface area contributed by atoms with Crippen LogP contribution < -0.4 is 0 Å². The molecule has 0 aliphatic heterocycles. The molecule has 0 aliphatic carbocycles. The zero-order chi connectivity index (χ0) is 14.0. The Hall–Kier alpha value is -0.260. The van der Waals surface area contributed by atoms with E-state index in [2.05, 4.69) is 43.6 Å². The molecule has 0 amide bonds. The third-order valence-electron chi connectivity index (χ3n) is 3.06. The van der Waals surface area contributed by atoms with Crippen molar-refractivity contribution in [3.05, 3.63) is 22.6 Å². The molecule has 2 aromatic rings. The third-order valence-corrected chi connectivity index (χ3v) is 4.33. The first-order chi connectivity index (χ1) is 9.04. The van der Waals surface area contributed by atoms with Crippen LogP contribution in [0.25, 0.3) is 11.2 Å². The molecule has 0 spiro atoms. The molecule has 0 N–H and O–H groups in total. The average molecular weight is 363 g/mol. The molecule has 2 atom stereocenters. The molecule has 0 aliphatic rings. The zero-order valence-corrected chi connectivity index (χ0v) is 14.4. The summed E-state index contributed by atoms with van der Waals surface area (Å²) >= 11 is 11.6. The highest BCUT2D eigenvalue weighted by atomic mass is 79.9. The van der Waals surface area contributed by atoms with Crippen molar-refractivity contribution in [1.29, 1.82) is 0 Å². The van der Waals surface area contributed by atoms with Gasteiger partial charge in [0.05, 0.1) is 5.38 Å². The van der Waals surface area contributed by atoms with Crippen LogP contribution in [0.1, 0.15) is 37.5 Å². The third kappa shape index (κ3) is 3.26. The first-order valence-corrected chi connectivity index (χ1v) is 8.83. The van der Waals surface area contributed by atoms with E-state index in [4.69, 9.17) is 11.6 Å². The fourth-order valence-electron chi connectivity index (χ4n) is 2.11. The summed E-state index contributed by atoms with van der Waals surface area (Å²) in [5.41, 5.74) is 1.81. The summed E-state index contributed by atoms with van der Waals surface area (Å²) in [6.45, 7) is 4.15. The number of aromatic nitrogens is 3. The van der Waals surface area contributed by atoms with E-state index in [0.29, 0.717) is 6.04 Å². The van der Waals surface area contributed by atoms with Crippen LogP contribution in [-0.4, -0.2) is 26.5 Å². The van der Waals surface area contributed by atoms with E-state index in [1.165, 1.54) is 0 Å². The minimum atomic E-state index is -0.121. The van der Waals surface area contributed by atoms with Gasteiger partial charge in [0.2, 0.25) is 0 Å². The highest BCUT2D eigenvalue weighted by Crippen LogP contribution is 2.29. The molecular formula is C13H17BrClN3S. The van der Waals surface area contributed by atoms with E-state index in [9.17, 15) is 0 Å². The molecule has 2 heterocycles. The summed E-state index contributed by atoms with van der Waals surface area (Å²) in [6, 6.07) is 2.34. The number of rotatable bonds is 5. The molecule has 0 saturated carbocycles. The molecule has 19 heavy (non-hydrogen) atoms. The number of halogens is 2. The van der Waals surface area contributed by atoms with Crippen molar-refractivity contribution in [3.8, 4) is 0 Å². The van der Waals surface area contributed by atoms with E-state index in [-0.39, 0.29) is 5.38 Å². The van der Waals surface area contributed by atoms with E-state index in [1.54, 1.807) is 0 Å². The monoisotopic (exact) mass is 361 g/mol. The lowest BCUT2D eigenvalue weighted by atomic mass is 10.2. The number of nitrogens with zero attached hydrogens (tertiary/aromatic N) is 3. The van der Waals surface area contributed by atoms with Gasteiger partial charge in [-0.3, -0.25) is 0 Å². The predicted molar refractivity (Wildman–Crippen MR) is 87.2 cm³/mol. The lowest BCUT2D eigenvalue weighted by Crippen LogP contribution is -2.11. The lowest BCUT2D eigenvalue weighted by molar-refractivity contribution is 0.522. The Morgan fingerprint density at radius 1 is 1.47 bits per heavy atom. The van der Waals surface area contributed by atoms with Crippen LogP contribution in [0.2, 0.25) is 0 Å². The van der Waals surface area contributed by atoms with Gasteiger partial charge in [-0.2, -0.15) is 11.8 Å². The number of fused-ring (bicyclic) bond motifs is 1. The quantitative estimate of drug-likeness (QED) is 0.715. The smallest absolute Gasteiger partial charge is 0.160 e. The summed E-state index contributed by atoms with van der Waals surface area (Å²) in [5, 5.41) is -0.121. The molecule has 3 nitrogen and oxygen atoms in total. The number of hydrogen-bond acceptors (Lipinski definition) is 3. The number of alkyl halides is 1. The number of thioether (sulfide) groups is 1. The second kappa shape index (κ2) is 6.46. The maximum absolute atomic E-state index is 6.27. The summed E-state index contributed by atoms with van der Waals surface area (Å²) in [6.07, 6.45) is 5.02. The number of hydrogen-bond donors (Lipinski definition) is 0. The van der Waals surface area contributed by atoms with Gasteiger partial charge in [0.25, 0.3) is 0 Å². The van der Waals surface area contributed by atoms with Gasteiger partial charge >= 0.3 is 0 Å². The highest BCUT2D eigenvalue weighted by molar-refractivity contribution is 9.10. The fourth-order valence-corrected chi connectivity index (χ4v) is 3.16. The average Bonchev–Trinajstić information content (AvgIpc) is 2.74. The molecule has 2 rings (SSSR count). The molecule has 0 aromatic carbocycles. The maximum Gasteiger partial charge on any atom is 0.160 e. The Bertz CT molecular complexity index is 570. The van der Waals surface area contributed by atoms with Crippen LogP contribution in [0.4, 0.5) is 0 Å². The fraction of sp³-hybridized carbons (Fsp3) is 0.538. The molecule has 2 unspecified atom stereocenters. The van der Waals surface area contributed by atoms with Crippen LogP contribution in [0.3, 0.4) is 0 Å². The first kappa shape index (κ1) is 15.1. The predicted octanol–water partition coefficient (Wildman–Crippen LogP) is 4.81. The molecule has 0 saturated heterocycles. The lowest BCUT2D eigenvalue weighted by Gasteiger charge is -2.17. The maximum atomic E-state index is 6.27. The van der Waals surface area contributed by atoms with Crippen molar-refractivity contribution >= 4 is 50.5 Å². The Morgan fingerprint density at radius 2 is 2.21 bits per heavy atom. The van der Waals surface area contributed by atoms with Crippen molar-refractivity contribution < 1.29 is 0 Å². The second-order valence-corrected chi connectivity index (χ2v) is 7.14. The Morgan fingerprint density at radius 3 is 2.84 bits per heavy atom. The van der Waals surface area contributed by atoms with E-state index in [0.717, 1.165) is 33.6 Å². The van der Waals surface area contributed by atoms with Crippen molar-refractivity contribution in [2.45, 2.75) is 31.7 Å². The Balaban J connectivity index is 2.51. The minimum absolute atomic E-state index is 0.121. The van der Waals surface area contributed by atoms with Crippen molar-refractivity contribution in [2.75, 3.05) is 12.0 Å². The summed E-state index contributed by atoms with van der Waals surface area (Å²) in [4.78, 5) is 9.13. The molecule has 0 radical (unpaired) electrons. The SMILES string of the molecule is CSCCC(C)n1c(C(C)Cl)nc2cc(Br)cnc21. The van der Waals surface area contributed by atoms with Gasteiger partial charge in [-0.1, -0.05) is 0 Å². The van der Waals surface area contributed by atoms with Gasteiger partial charge in [0, 0.05) is 16.7 Å². The van der Waals surface area contributed by atoms with Gasteiger partial charge in [-0.05, 0) is 54.3 Å². The van der Waals surface area contributed by atoms with Gasteiger partial charge in [-0.15, -0.1) is 11.6 Å². The summed E-state index contributed by atoms with van der Waals surface area (Å²) in [5.74, 6) is 2.02. The normalized spacial score (nSPS) is 14.8. The Labute approximate surface area is 131 Å². The summed E-state index contributed by atoms with van der Waals surface area (Å²) in [7, 11) is 0. The van der Waals surface area contributed by atoms with Gasteiger partial charge in [0.15, 0.2) is 5.65 Å². The van der Waals surface area contributed by atoms with Gasteiger partial charge in [0.1, 0.15) is 11.3 Å². The van der Waals surface area contributed by atoms with Crippen molar-refractivity contribution in [3.63, 3.8) is 0 Å². The van der Waals surface area contributed by atoms with Crippen LogP contribution in [-0.2, 0) is 0 Å². The van der Waals surface area contributed by atoms with E-state index in [1.807, 2.05) is 30.9 Å². The standard InChI is InChI=1S/C13H17BrClN3S/c1-8(4-5-19-3)18-12(9(2)15)17-11-6-10(14)7-16-13(11)18/h6-9H,4-5H2,1-3H3. The molecule has 0 fully saturated rings. The first-order valence-electron chi connectivity index (χ1n) is 6.21. The van der Waals surface area contributed by atoms with E-state index >= 15 is 0 Å². The van der Waals surface area contributed by atoms with Crippen molar-refractivity contribution in [2.24, 2.45) is 0 Å². The van der Waals surface area contributed by atoms with Crippen LogP contribution in [0.5, 0.6) is 0 Å². The molecule has 6 heteroatoms. The van der Waals surface area contributed by atoms with E-state index < -0.39 is 0 Å². The molecule has 2 aromatic heterocycles. The summed E-state index contributed by atoms with van der Waals surface area (Å²) < 4.78 is 3.12. The topological polar surface area (TPSA) is 30.7 Å². The highest BCUT2D eigenvalue weighted by Gasteiger charge is 2.19. The Kier molecular flexibility index (Phi) is 5.15.